The monoisotopic (exact) mass is 911 g/mol. The van der Waals surface area contributed by atoms with Crippen molar-refractivity contribution >= 4 is 116 Å². The van der Waals surface area contributed by atoms with Crippen molar-refractivity contribution in [2.75, 3.05) is 9.80 Å². The average molecular weight is 912 g/mol. The maximum absolute atomic E-state index is 2.55. The van der Waals surface area contributed by atoms with E-state index in [0.29, 0.717) is 0 Å². The summed E-state index contributed by atoms with van der Waals surface area (Å²) in [5.74, 6) is 0. The highest BCUT2D eigenvalue weighted by molar-refractivity contribution is 7.20. The summed E-state index contributed by atoms with van der Waals surface area (Å²) in [6.45, 7) is 0. The second-order valence-corrected chi connectivity index (χ2v) is 19.5. The zero-order valence-corrected chi connectivity index (χ0v) is 39.2. The largest absolute Gasteiger partial charge is 0.310 e. The topological polar surface area (TPSA) is 11.4 Å². The lowest BCUT2D eigenvalue weighted by atomic mass is 9.96. The van der Waals surface area contributed by atoms with Gasteiger partial charge in [0.05, 0.1) is 27.1 Å². The number of rotatable bonds is 8. The summed E-state index contributed by atoms with van der Waals surface area (Å²) in [6.07, 6.45) is 6.85. The average Bonchev–Trinajstić information content (AvgIpc) is 3.97. The highest BCUT2D eigenvalue weighted by Crippen LogP contribution is 2.52. The van der Waals surface area contributed by atoms with Crippen molar-refractivity contribution in [2.45, 2.75) is 12.8 Å². The van der Waals surface area contributed by atoms with Gasteiger partial charge in [0.2, 0.25) is 0 Å². The first-order chi connectivity index (χ1) is 34.7. The zero-order chi connectivity index (χ0) is 46.1. The molecule has 0 atom stereocenters. The van der Waals surface area contributed by atoms with Gasteiger partial charge in [-0.3, -0.25) is 0 Å². The van der Waals surface area contributed by atoms with Crippen molar-refractivity contribution in [3.63, 3.8) is 0 Å². The minimum absolute atomic E-state index is 1.07. The number of benzene rings is 11. The molecule has 0 fully saturated rings. The Labute approximate surface area is 410 Å². The van der Waals surface area contributed by atoms with Crippen molar-refractivity contribution in [2.24, 2.45) is 0 Å². The van der Waals surface area contributed by atoms with E-state index in [1.807, 2.05) is 11.3 Å². The molecule has 1 aliphatic rings. The molecule has 330 valence electrons. The quantitative estimate of drug-likeness (QED) is 0.141. The molecule has 0 amide bonds. The van der Waals surface area contributed by atoms with E-state index in [1.54, 1.807) is 0 Å². The third-order valence-corrected chi connectivity index (χ3v) is 15.6. The number of hydrogen-bond acceptors (Lipinski definition) is 3. The normalized spacial score (nSPS) is 12.4. The lowest BCUT2D eigenvalue weighted by molar-refractivity contribution is 1.02. The third-order valence-electron chi connectivity index (χ3n) is 14.3. The molecule has 0 unspecified atom stereocenters. The van der Waals surface area contributed by atoms with Gasteiger partial charge in [-0.15, -0.1) is 11.3 Å². The van der Waals surface area contributed by atoms with Gasteiger partial charge in [0.1, 0.15) is 0 Å². The zero-order valence-electron chi connectivity index (χ0n) is 38.3. The molecule has 13 aromatic rings. The Morgan fingerprint density at radius 1 is 0.386 bits per heavy atom. The summed E-state index contributed by atoms with van der Waals surface area (Å²) in [5, 5.41) is 11.1. The van der Waals surface area contributed by atoms with Gasteiger partial charge in [-0.1, -0.05) is 164 Å². The molecule has 0 saturated heterocycles. The van der Waals surface area contributed by atoms with Crippen LogP contribution in [0.1, 0.15) is 16.9 Å². The number of para-hydroxylation sites is 3. The summed E-state index contributed by atoms with van der Waals surface area (Å²) < 4.78 is 3.73. The van der Waals surface area contributed by atoms with E-state index in [-0.39, 0.29) is 0 Å². The Morgan fingerprint density at radius 2 is 0.971 bits per heavy atom. The van der Waals surface area contributed by atoms with Gasteiger partial charge < -0.3 is 14.4 Å². The SMILES string of the molecule is C1=Cc2c(sc3c(N(c4ccccc4)c4cc5ccccc5c5cc(N(c6ccccc6)c6ccc7c(c6)c6ccccc6n7-c6ccc(-c7ccccc7)cc6)ccc45)c4ccccc4cc23)CC1. The second-order valence-electron chi connectivity index (χ2n) is 18.4. The highest BCUT2D eigenvalue weighted by atomic mass is 32.1. The molecule has 0 saturated carbocycles. The lowest BCUT2D eigenvalue weighted by Crippen LogP contribution is -2.12. The second kappa shape index (κ2) is 16.5. The van der Waals surface area contributed by atoms with Crippen molar-refractivity contribution in [3.8, 4) is 16.8 Å². The number of hydrogen-bond donors (Lipinski definition) is 0. The molecule has 0 bridgehead atoms. The fourth-order valence-electron chi connectivity index (χ4n) is 11.1. The highest BCUT2D eigenvalue weighted by Gasteiger charge is 2.26. The first-order valence-corrected chi connectivity index (χ1v) is 25.0. The van der Waals surface area contributed by atoms with Gasteiger partial charge in [0.25, 0.3) is 0 Å². The van der Waals surface area contributed by atoms with Gasteiger partial charge in [-0.25, -0.2) is 0 Å². The number of thiophene rings is 1. The Bertz CT molecular complexity index is 4170. The first-order valence-electron chi connectivity index (χ1n) is 24.2. The van der Waals surface area contributed by atoms with Gasteiger partial charge in [-0.05, 0) is 136 Å². The number of fused-ring (bicyclic) bond motifs is 10. The van der Waals surface area contributed by atoms with Crippen molar-refractivity contribution < 1.29 is 0 Å². The third kappa shape index (κ3) is 6.56. The van der Waals surface area contributed by atoms with E-state index in [9.17, 15) is 0 Å². The number of aryl methyl sites for hydroxylation is 1. The molecule has 3 nitrogen and oxygen atoms in total. The van der Waals surface area contributed by atoms with Crippen LogP contribution >= 0.6 is 11.3 Å². The molecule has 2 heterocycles. The number of nitrogens with zero attached hydrogens (tertiary/aromatic N) is 3. The maximum atomic E-state index is 2.55. The van der Waals surface area contributed by atoms with E-state index >= 15 is 0 Å². The molecule has 2 aromatic heterocycles. The molecular weight excluding hydrogens is 867 g/mol. The van der Waals surface area contributed by atoms with Crippen LogP contribution < -0.4 is 9.80 Å². The van der Waals surface area contributed by atoms with E-state index in [2.05, 4.69) is 263 Å². The van der Waals surface area contributed by atoms with Gasteiger partial charge in [0.15, 0.2) is 0 Å². The van der Waals surface area contributed by atoms with Gasteiger partial charge >= 0.3 is 0 Å². The fraction of sp³-hybridized carbons (Fsp3) is 0.0303. The minimum atomic E-state index is 1.07. The van der Waals surface area contributed by atoms with Crippen LogP contribution in [-0.4, -0.2) is 4.57 Å². The molecule has 1 aliphatic carbocycles. The standard InChI is InChI=1S/C66H45N3S/c1-4-18-44(19-5-1)45-32-34-50(35-33-45)68-61-30-16-14-28-55(61)59-43-52(37-39-62(59)68)67(48-22-6-2-7-23-48)51-36-38-56-58(42-51)53-26-12-10-21-47(53)41-63(56)69(49-24-8-3-9-25-49)65-54-27-13-11-20-46(54)40-60-57-29-15-17-31-64(57)70-66(60)65/h1-16,18-30,32-43H,17,31H2. The molecular formula is C66H45N3S. The Balaban J connectivity index is 0.978. The summed E-state index contributed by atoms with van der Waals surface area (Å²) >= 11 is 1.97. The predicted octanol–water partition coefficient (Wildman–Crippen LogP) is 19.0. The Hall–Kier alpha value is -8.70. The number of allylic oxidation sites excluding steroid dienone is 1. The van der Waals surface area contributed by atoms with Crippen LogP contribution in [0.2, 0.25) is 0 Å². The molecule has 11 aromatic carbocycles. The summed E-state index contributed by atoms with van der Waals surface area (Å²) in [7, 11) is 0. The summed E-state index contributed by atoms with van der Waals surface area (Å²) in [6, 6.07) is 87.0. The number of aromatic nitrogens is 1. The molecule has 0 N–H and O–H groups in total. The molecule has 0 spiro atoms. The summed E-state index contributed by atoms with van der Waals surface area (Å²) in [4.78, 5) is 6.45. The van der Waals surface area contributed by atoms with Crippen LogP contribution in [0.4, 0.5) is 34.1 Å². The molecule has 0 radical (unpaired) electrons. The smallest absolute Gasteiger partial charge is 0.0718 e. The van der Waals surface area contributed by atoms with Crippen LogP contribution in [0.15, 0.2) is 243 Å². The van der Waals surface area contributed by atoms with E-state index in [0.717, 1.165) is 47.0 Å². The molecule has 14 rings (SSSR count). The van der Waals surface area contributed by atoms with Crippen LogP contribution in [0.25, 0.3) is 87.1 Å². The van der Waals surface area contributed by atoms with E-state index in [4.69, 9.17) is 0 Å². The van der Waals surface area contributed by atoms with E-state index < -0.39 is 0 Å². The Kier molecular flexibility index (Phi) is 9.53. The maximum Gasteiger partial charge on any atom is 0.0718 e. The van der Waals surface area contributed by atoms with Gasteiger partial charge in [0, 0.05) is 60.2 Å². The fourth-order valence-corrected chi connectivity index (χ4v) is 12.5. The van der Waals surface area contributed by atoms with Crippen molar-refractivity contribution in [3.05, 3.63) is 253 Å². The van der Waals surface area contributed by atoms with Crippen LogP contribution in [0.5, 0.6) is 0 Å². The van der Waals surface area contributed by atoms with Crippen LogP contribution in [0.3, 0.4) is 0 Å². The molecule has 4 heteroatoms. The molecule has 70 heavy (non-hydrogen) atoms. The van der Waals surface area contributed by atoms with Crippen molar-refractivity contribution in [1.82, 2.24) is 4.57 Å². The summed E-state index contributed by atoms with van der Waals surface area (Å²) in [5.41, 5.74) is 14.1. The molecule has 0 aliphatic heterocycles. The predicted molar refractivity (Wildman–Crippen MR) is 301 cm³/mol. The lowest BCUT2D eigenvalue weighted by Gasteiger charge is -2.30. The van der Waals surface area contributed by atoms with Crippen LogP contribution in [-0.2, 0) is 6.42 Å². The first kappa shape index (κ1) is 40.4. The van der Waals surface area contributed by atoms with Crippen molar-refractivity contribution in [1.29, 1.82) is 0 Å². The number of anilines is 6. The minimum Gasteiger partial charge on any atom is -0.310 e. The Morgan fingerprint density at radius 3 is 1.73 bits per heavy atom. The van der Waals surface area contributed by atoms with Crippen LogP contribution in [0, 0.1) is 0 Å². The van der Waals surface area contributed by atoms with E-state index in [1.165, 1.54) is 91.5 Å². The van der Waals surface area contributed by atoms with Gasteiger partial charge in [-0.2, -0.15) is 0 Å².